The van der Waals surface area contributed by atoms with Crippen LogP contribution in [0.2, 0.25) is 0 Å². The second-order valence-corrected chi connectivity index (χ2v) is 1.40. The topological polar surface area (TPSA) is 17.1 Å². The van der Waals surface area contributed by atoms with Crippen molar-refractivity contribution < 1.29 is 20.5 Å². The molecule has 8 heavy (non-hydrogen) atoms. The first-order valence-corrected chi connectivity index (χ1v) is 2.06. The number of allylic oxidation sites excluding steroid dienone is 1. The van der Waals surface area contributed by atoms with Gasteiger partial charge in [-0.15, -0.1) is 48.0 Å². The minimum Gasteiger partial charge on any atom is -0.107 e. The quantitative estimate of drug-likeness (QED) is 0.525. The van der Waals surface area contributed by atoms with Gasteiger partial charge in [0.25, 0.3) is 0 Å². The fraction of sp³-hybridized carbons (Fsp3) is 0.250. The third-order valence-corrected chi connectivity index (χ3v) is 0.508. The van der Waals surface area contributed by atoms with Gasteiger partial charge in [-0.1, -0.05) is 0 Å². The molecule has 4 heteroatoms. The van der Waals surface area contributed by atoms with Gasteiger partial charge in [0.15, 0.2) is 0 Å². The summed E-state index contributed by atoms with van der Waals surface area (Å²) in [6.45, 7) is 3.33. The molecule has 0 aromatic heterocycles. The van der Waals surface area contributed by atoms with E-state index in [1.165, 1.54) is 6.08 Å². The van der Waals surface area contributed by atoms with Gasteiger partial charge in [-0.2, -0.15) is 0 Å². The maximum Gasteiger partial charge on any atom is -0.107 e. The van der Waals surface area contributed by atoms with Crippen LogP contribution < -0.4 is 0 Å². The number of carbonyl (C=O) groups excluding carboxylic acids is 1. The second-order valence-electron chi connectivity index (χ2n) is 0.823. The van der Waals surface area contributed by atoms with Crippen molar-refractivity contribution in [2.45, 2.75) is 6.42 Å². The first kappa shape index (κ1) is 16.2. The van der Waals surface area contributed by atoms with E-state index >= 15 is 0 Å². The van der Waals surface area contributed by atoms with Crippen LogP contribution in [0.5, 0.6) is 0 Å². The summed E-state index contributed by atoms with van der Waals surface area (Å²) in [5, 5.41) is 0. The Hall–Kier alpha value is 1.38. The summed E-state index contributed by atoms with van der Waals surface area (Å²) in [4.78, 5) is 9.83. The molecule has 52 valence electrons. The van der Waals surface area contributed by atoms with Gasteiger partial charge < -0.3 is 0 Å². The van der Waals surface area contributed by atoms with E-state index in [1.54, 1.807) is 0 Å². The molecule has 0 atom stereocenters. The number of carbonyl (C=O) groups is 1. The summed E-state index contributed by atoms with van der Waals surface area (Å²) >= 11 is 3.51. The summed E-state index contributed by atoms with van der Waals surface area (Å²) in [6.07, 6.45) is 1.88. The van der Waals surface area contributed by atoms with Crippen molar-refractivity contribution in [3.63, 3.8) is 0 Å². The van der Waals surface area contributed by atoms with Crippen molar-refractivity contribution in [2.24, 2.45) is 0 Å². The Morgan fingerprint density at radius 2 is 2.00 bits per heavy atom. The predicted octanol–water partition coefficient (Wildman–Crippen LogP) is 1.87. The number of halogens is 2. The smallest absolute Gasteiger partial charge is 0.107 e. The molecule has 0 aliphatic carbocycles. The SMILES string of the molecule is C=CC[C](=O)[Co].I.I. The molecule has 0 radical (unpaired) electrons. The Kier molecular flexibility index (Phi) is 22.7. The van der Waals surface area contributed by atoms with E-state index in [9.17, 15) is 4.79 Å². The Bertz CT molecular complexity index is 74.4. The maximum atomic E-state index is 9.83. The first-order valence-electron chi connectivity index (χ1n) is 1.54. The maximum absolute atomic E-state index is 9.83. The van der Waals surface area contributed by atoms with Crippen LogP contribution in [0.1, 0.15) is 6.42 Å². The molecule has 0 amide bonds. The summed E-state index contributed by atoms with van der Waals surface area (Å²) in [6, 6.07) is 0. The van der Waals surface area contributed by atoms with Gasteiger partial charge in [0.1, 0.15) is 0 Å². The van der Waals surface area contributed by atoms with Crippen LogP contribution in [-0.4, -0.2) is 4.72 Å². The molecular formula is C4H7CoI2O. The van der Waals surface area contributed by atoms with Gasteiger partial charge in [-0.05, 0) is 0 Å². The van der Waals surface area contributed by atoms with Gasteiger partial charge in [-0.3, -0.25) is 0 Å². The molecule has 0 rings (SSSR count). The molecule has 1 nitrogen and oxygen atoms in total. The summed E-state index contributed by atoms with van der Waals surface area (Å²) < 4.78 is -0.141. The predicted molar refractivity (Wildman–Crippen MR) is 50.7 cm³/mol. The van der Waals surface area contributed by atoms with Crippen LogP contribution in [0.25, 0.3) is 0 Å². The van der Waals surface area contributed by atoms with E-state index < -0.39 is 0 Å². The molecule has 0 aliphatic heterocycles. The third-order valence-electron chi connectivity index (χ3n) is 0.296. The van der Waals surface area contributed by atoms with Crippen molar-refractivity contribution in [2.75, 3.05) is 0 Å². The van der Waals surface area contributed by atoms with Crippen LogP contribution in [0.3, 0.4) is 0 Å². The number of rotatable bonds is 2. The Balaban J connectivity index is -0.000000125. The number of hydrogen-bond acceptors (Lipinski definition) is 1. The zero-order valence-corrected chi connectivity index (χ0v) is 9.75. The van der Waals surface area contributed by atoms with E-state index in [1.807, 2.05) is 0 Å². The molecule has 0 aromatic carbocycles. The fourth-order valence-electron chi connectivity index (χ4n) is 0.107. The zero-order valence-electron chi connectivity index (χ0n) is 4.05. The molecule has 0 bridgehead atoms. The van der Waals surface area contributed by atoms with Gasteiger partial charge in [0.05, 0.1) is 0 Å². The summed E-state index contributed by atoms with van der Waals surface area (Å²) in [5.74, 6) is 0. The van der Waals surface area contributed by atoms with Gasteiger partial charge in [-0.25, -0.2) is 0 Å². The van der Waals surface area contributed by atoms with E-state index in [4.69, 9.17) is 0 Å². The van der Waals surface area contributed by atoms with Gasteiger partial charge >= 0.3 is 44.3 Å². The molecule has 0 fully saturated rings. The van der Waals surface area contributed by atoms with E-state index in [0.29, 0.717) is 6.42 Å². The Morgan fingerprint density at radius 3 is 2.00 bits per heavy atom. The van der Waals surface area contributed by atoms with Crippen LogP contribution >= 0.6 is 48.0 Å². The Morgan fingerprint density at radius 1 is 1.62 bits per heavy atom. The molecular weight excluding hydrogens is 377 g/mol. The summed E-state index contributed by atoms with van der Waals surface area (Å²) in [5.41, 5.74) is 0. The largest absolute Gasteiger partial charge is 0.107 e. The van der Waals surface area contributed by atoms with E-state index in [-0.39, 0.29) is 52.7 Å². The van der Waals surface area contributed by atoms with Crippen LogP contribution in [-0.2, 0) is 20.5 Å². The average Bonchev–Trinajstić information content (AvgIpc) is 1.35. The molecule has 0 saturated carbocycles. The van der Waals surface area contributed by atoms with Crippen LogP contribution in [0, 0.1) is 0 Å². The van der Waals surface area contributed by atoms with Gasteiger partial charge in [0, 0.05) is 0 Å². The zero-order chi connectivity index (χ0) is 4.99. The van der Waals surface area contributed by atoms with Gasteiger partial charge in [0.2, 0.25) is 0 Å². The van der Waals surface area contributed by atoms with E-state index in [0.717, 1.165) is 0 Å². The van der Waals surface area contributed by atoms with Crippen molar-refractivity contribution in [3.05, 3.63) is 12.7 Å². The molecule has 0 heterocycles. The third kappa shape index (κ3) is 15.7. The standard InChI is InChI=1S/C4H5O.Co.2HI/c1-2-3-4-5;;;/h2H,1,3H2;;2*1H. The molecule has 0 aromatic rings. The molecule has 0 aliphatic rings. The van der Waals surface area contributed by atoms with Crippen molar-refractivity contribution in [3.8, 4) is 0 Å². The second kappa shape index (κ2) is 11.2. The molecule has 0 N–H and O–H groups in total. The normalized spacial score (nSPS) is 5.75. The first-order chi connectivity index (χ1) is 2.77. The fourth-order valence-corrected chi connectivity index (χ4v) is 0.257. The van der Waals surface area contributed by atoms with Crippen molar-refractivity contribution in [1.29, 1.82) is 0 Å². The molecule has 0 saturated heterocycles. The minimum absolute atomic E-state index is 0. The number of hydrogen-bond donors (Lipinski definition) is 0. The molecule has 0 spiro atoms. The van der Waals surface area contributed by atoms with Crippen molar-refractivity contribution >= 4 is 52.7 Å². The Labute approximate surface area is 91.3 Å². The molecule has 0 unspecified atom stereocenters. The van der Waals surface area contributed by atoms with Crippen LogP contribution in [0.15, 0.2) is 12.7 Å². The van der Waals surface area contributed by atoms with Crippen LogP contribution in [0.4, 0.5) is 0 Å². The minimum atomic E-state index is -0.141. The summed E-state index contributed by atoms with van der Waals surface area (Å²) in [7, 11) is 0. The van der Waals surface area contributed by atoms with E-state index in [2.05, 4.69) is 22.3 Å². The average molecular weight is 384 g/mol. The monoisotopic (exact) mass is 384 g/mol. The van der Waals surface area contributed by atoms with Crippen molar-refractivity contribution in [1.82, 2.24) is 0 Å².